The van der Waals surface area contributed by atoms with E-state index in [0.29, 0.717) is 75.7 Å². The van der Waals surface area contributed by atoms with Crippen molar-refractivity contribution in [2.45, 2.75) is 160 Å². The Morgan fingerprint density at radius 2 is 1.09 bits per heavy atom. The predicted octanol–water partition coefficient (Wildman–Crippen LogP) is 8.43. The van der Waals surface area contributed by atoms with Gasteiger partial charge in [0, 0.05) is 75.1 Å². The van der Waals surface area contributed by atoms with E-state index in [1.807, 2.05) is 4.90 Å². The zero-order valence-electron chi connectivity index (χ0n) is 45.7. The number of fused-ring (bicyclic) bond motifs is 2. The Labute approximate surface area is 474 Å². The molecule has 4 fully saturated rings. The molecule has 0 saturated carbocycles. The number of aromatic nitrogens is 2. The monoisotopic (exact) mass is 1070 g/mol. The second-order valence-electron chi connectivity index (χ2n) is 21.8. The number of carboxylic acids is 1. The number of aliphatic carboxylic acids is 1. The summed E-state index contributed by atoms with van der Waals surface area (Å²) in [6.07, 6.45) is 20.5. The SMILES string of the molecule is C.COC(=O)C(c1cc(F)ccc1[C@@H]1CCCCO1)N1CC[C@@H](CCOCCc2ccc3c(n2)CCCC3)C1.O=C(O)C(c1cc(F)ccc1[C@@H]1CCCCO1)N1CC[C@@H](CCOCCc2ccc3c(n2)CCCC3)C1.[Li+].[OH-]. The fourth-order valence-corrected chi connectivity index (χ4v) is 12.4. The molecule has 13 nitrogen and oxygen atoms in total. The topological polar surface area (TPSA) is 163 Å². The Bertz CT molecular complexity index is 2510. The van der Waals surface area contributed by atoms with Gasteiger partial charge in [-0.05, 0) is 210 Å². The molecule has 422 valence electrons. The van der Waals surface area contributed by atoms with E-state index in [1.54, 1.807) is 12.1 Å². The molecule has 2 aliphatic carbocycles. The summed E-state index contributed by atoms with van der Waals surface area (Å²) in [4.78, 5) is 39.3. The van der Waals surface area contributed by atoms with Crippen LogP contribution in [0.1, 0.15) is 178 Å². The van der Waals surface area contributed by atoms with E-state index < -0.39 is 23.9 Å². The summed E-state index contributed by atoms with van der Waals surface area (Å²) >= 11 is 0. The first-order valence-corrected chi connectivity index (χ1v) is 28.4. The van der Waals surface area contributed by atoms with Gasteiger partial charge in [0.1, 0.15) is 23.7 Å². The summed E-state index contributed by atoms with van der Waals surface area (Å²) in [5.74, 6) is -1.23. The number of nitrogens with zero attached hydrogens (tertiary/aromatic N) is 4. The number of carbonyl (C=O) groups is 2. The number of pyridine rings is 2. The van der Waals surface area contributed by atoms with Crippen molar-refractivity contribution in [3.8, 4) is 0 Å². The second kappa shape index (κ2) is 31.7. The summed E-state index contributed by atoms with van der Waals surface area (Å²) in [6, 6.07) is 16.5. The van der Waals surface area contributed by atoms with Crippen LogP contribution in [0.15, 0.2) is 60.7 Å². The van der Waals surface area contributed by atoms with Crippen LogP contribution in [0.2, 0.25) is 0 Å². The first-order chi connectivity index (χ1) is 36.7. The summed E-state index contributed by atoms with van der Waals surface area (Å²) in [5.41, 5.74) is 10.5. The van der Waals surface area contributed by atoms with Crippen LogP contribution in [0.3, 0.4) is 0 Å². The van der Waals surface area contributed by atoms with Crippen molar-refractivity contribution >= 4 is 11.9 Å². The van der Waals surface area contributed by atoms with Crippen molar-refractivity contribution in [2.75, 3.05) is 72.9 Å². The van der Waals surface area contributed by atoms with Gasteiger partial charge in [-0.25, -0.2) is 13.6 Å². The Hall–Kier alpha value is -4.14. The molecule has 0 radical (unpaired) electrons. The Morgan fingerprint density at radius 1 is 0.628 bits per heavy atom. The van der Waals surface area contributed by atoms with E-state index in [4.69, 9.17) is 33.7 Å². The molecule has 16 heteroatoms. The molecule has 6 heterocycles. The van der Waals surface area contributed by atoms with Gasteiger partial charge in [-0.15, -0.1) is 0 Å². The van der Waals surface area contributed by atoms with Gasteiger partial charge < -0.3 is 34.3 Å². The van der Waals surface area contributed by atoms with E-state index in [-0.39, 0.29) is 55.8 Å². The summed E-state index contributed by atoms with van der Waals surface area (Å²) in [5, 5.41) is 10.2. The predicted molar refractivity (Wildman–Crippen MR) is 291 cm³/mol. The van der Waals surface area contributed by atoms with E-state index in [9.17, 15) is 23.5 Å². The zero-order valence-corrected chi connectivity index (χ0v) is 45.7. The minimum Gasteiger partial charge on any atom is -0.870 e. The fraction of sp³-hybridized carbons (Fsp3) is 0.613. The average Bonchev–Trinajstić information content (AvgIpc) is 4.11. The number of carboxylic acid groups (broad SMARTS) is 1. The number of methoxy groups -OCH3 is 1. The smallest absolute Gasteiger partial charge is 0.870 e. The van der Waals surface area contributed by atoms with Gasteiger partial charge in [-0.1, -0.05) is 31.7 Å². The molecule has 2 N–H and O–H groups in total. The van der Waals surface area contributed by atoms with Gasteiger partial charge in [-0.3, -0.25) is 24.6 Å². The molecule has 0 amide bonds. The van der Waals surface area contributed by atoms with E-state index in [2.05, 4.69) is 29.2 Å². The second-order valence-corrected chi connectivity index (χ2v) is 21.8. The third-order valence-electron chi connectivity index (χ3n) is 16.6. The van der Waals surface area contributed by atoms with Gasteiger partial charge in [-0.2, -0.15) is 0 Å². The molecule has 0 spiro atoms. The van der Waals surface area contributed by atoms with Crippen molar-refractivity contribution in [2.24, 2.45) is 11.8 Å². The standard InChI is InChI=1S/C31H41FN2O4.C30H39FN2O4.CH4.Li.H2O/c1-36-31(35)30(27-20-24(32)10-12-26(27)29-8-4-5-17-38-29)34-16-13-22(21-34)14-18-37-19-15-25-11-9-23-6-2-3-7-28(23)33-25;31-23-9-11-25(28-7-3-4-16-37-28)26(19-23)29(30(34)35)33-15-12-21(20-33)13-17-36-18-14-24-10-8-22-5-1-2-6-27(22)32-24;;;/h9-12,20,22,29-30H,2-8,13-19,21H2,1H3;8-11,19,21,28-29H,1-7,12-18,20H2,(H,34,35);1H4;;1H2/q;;;+1;/p-1/t22-,29-,30?;21-,28-,29?;;;/m00.../s1. The van der Waals surface area contributed by atoms with Gasteiger partial charge in [0.2, 0.25) is 0 Å². The molecule has 4 aliphatic heterocycles. The number of hydrogen-bond donors (Lipinski definition) is 1. The van der Waals surface area contributed by atoms with Gasteiger partial charge in [0.05, 0.1) is 32.5 Å². The normalized spacial score (nSPS) is 22.0. The van der Waals surface area contributed by atoms with Crippen molar-refractivity contribution in [1.29, 1.82) is 0 Å². The summed E-state index contributed by atoms with van der Waals surface area (Å²) in [6.45, 7) is 6.90. The van der Waals surface area contributed by atoms with E-state index in [1.165, 1.54) is 79.6 Å². The first kappa shape index (κ1) is 63.0. The van der Waals surface area contributed by atoms with Crippen LogP contribution in [0.25, 0.3) is 0 Å². The van der Waals surface area contributed by atoms with Crippen LogP contribution >= 0.6 is 0 Å². The Morgan fingerprint density at radius 3 is 1.54 bits per heavy atom. The maximum atomic E-state index is 14.4. The van der Waals surface area contributed by atoms with Gasteiger partial charge in [0.15, 0.2) is 0 Å². The molecule has 4 aromatic rings. The van der Waals surface area contributed by atoms with Crippen LogP contribution in [0, 0.1) is 23.5 Å². The average molecular weight is 1080 g/mol. The largest absolute Gasteiger partial charge is 1.00 e. The molecule has 78 heavy (non-hydrogen) atoms. The number of likely N-dealkylation sites (tertiary alicyclic amines) is 2. The Kier molecular flexibility index (Phi) is 25.7. The molecular weight excluding hydrogens is 990 g/mol. The summed E-state index contributed by atoms with van der Waals surface area (Å²) < 4.78 is 57.8. The number of carbonyl (C=O) groups excluding carboxylic acids is 1. The molecule has 6 atom stereocenters. The van der Waals surface area contributed by atoms with Crippen LogP contribution in [-0.2, 0) is 71.8 Å². The minimum atomic E-state index is -0.933. The first-order valence-electron chi connectivity index (χ1n) is 28.4. The third kappa shape index (κ3) is 17.0. The number of aryl methyl sites for hydroxylation is 4. The van der Waals surface area contributed by atoms with Crippen LogP contribution < -0.4 is 18.9 Å². The number of rotatable bonds is 20. The number of esters is 1. The minimum absolute atomic E-state index is 0. The van der Waals surface area contributed by atoms with Crippen molar-refractivity contribution in [1.82, 2.24) is 19.8 Å². The molecule has 0 bridgehead atoms. The Balaban J connectivity index is 0.000000243. The fourth-order valence-electron chi connectivity index (χ4n) is 12.4. The van der Waals surface area contributed by atoms with Gasteiger partial charge in [0.25, 0.3) is 0 Å². The number of ether oxygens (including phenoxy) is 5. The summed E-state index contributed by atoms with van der Waals surface area (Å²) in [7, 11) is 1.41. The quantitative estimate of drug-likeness (QED) is 0.0511. The number of hydrogen-bond acceptors (Lipinski definition) is 12. The van der Waals surface area contributed by atoms with Crippen LogP contribution in [0.4, 0.5) is 8.78 Å². The number of benzene rings is 2. The third-order valence-corrected chi connectivity index (χ3v) is 16.6. The van der Waals surface area contributed by atoms with Crippen LogP contribution in [-0.4, -0.2) is 115 Å². The van der Waals surface area contributed by atoms with Crippen molar-refractivity contribution < 1.29 is 71.5 Å². The maximum absolute atomic E-state index is 14.4. The van der Waals surface area contributed by atoms with Crippen molar-refractivity contribution in [3.63, 3.8) is 0 Å². The maximum Gasteiger partial charge on any atom is 1.00 e. The van der Waals surface area contributed by atoms with E-state index in [0.717, 1.165) is 138 Å². The van der Waals surface area contributed by atoms with Crippen LogP contribution in [0.5, 0.6) is 0 Å². The zero-order chi connectivity index (χ0) is 51.9. The molecule has 2 aromatic heterocycles. The molecule has 6 aliphatic rings. The van der Waals surface area contributed by atoms with E-state index >= 15 is 0 Å². The van der Waals surface area contributed by atoms with Gasteiger partial charge >= 0.3 is 30.8 Å². The molecule has 4 saturated heterocycles. The molecule has 10 rings (SSSR count). The molecule has 2 unspecified atom stereocenters. The molecule has 2 aromatic carbocycles. The van der Waals surface area contributed by atoms with Crippen molar-refractivity contribution in [3.05, 3.63) is 128 Å². The molecular formula is C62H85F2LiN4O9. The number of halogens is 2.